The fraction of sp³-hybridized carbons (Fsp3) is 0.0909. The minimum atomic E-state index is -0.121. The van der Waals surface area contributed by atoms with E-state index in [0.717, 1.165) is 4.47 Å². The molecule has 0 aliphatic carbocycles. The number of benzene rings is 1. The average Bonchev–Trinajstić information content (AvgIpc) is 2.69. The summed E-state index contributed by atoms with van der Waals surface area (Å²) in [6.45, 7) is -0.121. The highest BCUT2D eigenvalue weighted by Gasteiger charge is 2.02. The molecular formula is C11H9BrO3. The Balaban J connectivity index is 2.11. The van der Waals surface area contributed by atoms with Crippen LogP contribution in [-0.2, 0) is 6.61 Å². The van der Waals surface area contributed by atoms with Crippen molar-refractivity contribution in [2.45, 2.75) is 6.61 Å². The molecule has 1 heterocycles. The maximum absolute atomic E-state index is 8.80. The number of halogens is 1. The third kappa shape index (κ3) is 2.61. The van der Waals surface area contributed by atoms with E-state index in [1.807, 2.05) is 24.3 Å². The molecule has 0 atom stereocenters. The van der Waals surface area contributed by atoms with Gasteiger partial charge in [0.25, 0.3) is 5.95 Å². The highest BCUT2D eigenvalue weighted by Crippen LogP contribution is 2.24. The van der Waals surface area contributed by atoms with Crippen molar-refractivity contribution in [2.75, 3.05) is 0 Å². The standard InChI is InChI=1S/C11H9BrO3/c12-8-1-3-9(4-2-8)14-11-6-5-10(7-13)15-11/h1-6,13H,7H2. The van der Waals surface area contributed by atoms with Gasteiger partial charge >= 0.3 is 0 Å². The second-order valence-corrected chi connectivity index (χ2v) is 3.85. The van der Waals surface area contributed by atoms with Crippen molar-refractivity contribution in [2.24, 2.45) is 0 Å². The molecule has 78 valence electrons. The van der Waals surface area contributed by atoms with Crippen molar-refractivity contribution >= 4 is 15.9 Å². The monoisotopic (exact) mass is 268 g/mol. The first-order chi connectivity index (χ1) is 7.28. The van der Waals surface area contributed by atoms with E-state index in [0.29, 0.717) is 17.5 Å². The Labute approximate surface area is 95.4 Å². The summed E-state index contributed by atoms with van der Waals surface area (Å²) in [5.41, 5.74) is 0. The van der Waals surface area contributed by atoms with Crippen molar-refractivity contribution in [3.05, 3.63) is 46.6 Å². The summed E-state index contributed by atoms with van der Waals surface area (Å²) in [5.74, 6) is 1.56. The fourth-order valence-corrected chi connectivity index (χ4v) is 1.38. The average molecular weight is 269 g/mol. The lowest BCUT2D eigenvalue weighted by Gasteiger charge is -2.01. The maximum atomic E-state index is 8.80. The van der Waals surface area contributed by atoms with Crippen LogP contribution in [0.4, 0.5) is 0 Å². The molecule has 1 N–H and O–H groups in total. The highest BCUT2D eigenvalue weighted by molar-refractivity contribution is 9.10. The SMILES string of the molecule is OCc1ccc(Oc2ccc(Br)cc2)o1. The smallest absolute Gasteiger partial charge is 0.290 e. The zero-order chi connectivity index (χ0) is 10.7. The molecule has 0 aliphatic heterocycles. The van der Waals surface area contributed by atoms with Crippen LogP contribution in [0, 0.1) is 0 Å². The van der Waals surface area contributed by atoms with Crippen LogP contribution in [0.3, 0.4) is 0 Å². The summed E-state index contributed by atoms with van der Waals surface area (Å²) in [5, 5.41) is 8.80. The first kappa shape index (κ1) is 10.3. The summed E-state index contributed by atoms with van der Waals surface area (Å²) in [6, 6.07) is 10.8. The molecule has 2 aromatic rings. The molecule has 15 heavy (non-hydrogen) atoms. The van der Waals surface area contributed by atoms with Crippen molar-refractivity contribution in [3.63, 3.8) is 0 Å². The largest absolute Gasteiger partial charge is 0.428 e. The number of aliphatic hydroxyl groups is 1. The predicted molar refractivity (Wildman–Crippen MR) is 58.8 cm³/mol. The molecule has 0 saturated carbocycles. The van der Waals surface area contributed by atoms with Crippen molar-refractivity contribution in [3.8, 4) is 11.7 Å². The van der Waals surface area contributed by atoms with Gasteiger partial charge in [-0.15, -0.1) is 0 Å². The quantitative estimate of drug-likeness (QED) is 0.929. The van der Waals surface area contributed by atoms with Gasteiger partial charge in [0.15, 0.2) is 0 Å². The van der Waals surface area contributed by atoms with Gasteiger partial charge in [-0.25, -0.2) is 0 Å². The lowest BCUT2D eigenvalue weighted by atomic mass is 10.3. The van der Waals surface area contributed by atoms with Crippen LogP contribution < -0.4 is 4.74 Å². The van der Waals surface area contributed by atoms with Gasteiger partial charge < -0.3 is 14.3 Å². The van der Waals surface area contributed by atoms with Crippen molar-refractivity contribution in [1.82, 2.24) is 0 Å². The van der Waals surface area contributed by atoms with Crippen LogP contribution in [0.5, 0.6) is 11.7 Å². The molecule has 0 radical (unpaired) electrons. The second-order valence-electron chi connectivity index (χ2n) is 2.93. The molecule has 1 aromatic carbocycles. The molecule has 0 saturated heterocycles. The van der Waals surface area contributed by atoms with E-state index in [1.165, 1.54) is 0 Å². The Kier molecular flexibility index (Phi) is 3.08. The van der Waals surface area contributed by atoms with Crippen molar-refractivity contribution < 1.29 is 14.3 Å². The van der Waals surface area contributed by atoms with E-state index in [1.54, 1.807) is 12.1 Å². The van der Waals surface area contributed by atoms with E-state index in [2.05, 4.69) is 15.9 Å². The summed E-state index contributed by atoms with van der Waals surface area (Å²) in [7, 11) is 0. The molecule has 0 aliphatic rings. The lowest BCUT2D eigenvalue weighted by Crippen LogP contribution is -1.81. The van der Waals surface area contributed by atoms with Gasteiger partial charge in [-0.3, -0.25) is 0 Å². The van der Waals surface area contributed by atoms with Gasteiger partial charge in [0, 0.05) is 10.5 Å². The van der Waals surface area contributed by atoms with E-state index < -0.39 is 0 Å². The molecule has 0 spiro atoms. The van der Waals surface area contributed by atoms with Crippen LogP contribution >= 0.6 is 15.9 Å². The fourth-order valence-electron chi connectivity index (χ4n) is 1.12. The zero-order valence-corrected chi connectivity index (χ0v) is 9.40. The number of ether oxygens (including phenoxy) is 1. The predicted octanol–water partition coefficient (Wildman–Crippen LogP) is 3.33. The van der Waals surface area contributed by atoms with Gasteiger partial charge in [-0.1, -0.05) is 15.9 Å². The first-order valence-corrected chi connectivity index (χ1v) is 5.20. The second kappa shape index (κ2) is 4.51. The Morgan fingerprint density at radius 1 is 1.13 bits per heavy atom. The number of rotatable bonds is 3. The Morgan fingerprint density at radius 2 is 1.87 bits per heavy atom. The third-order valence-corrected chi connectivity index (χ3v) is 2.35. The third-order valence-electron chi connectivity index (χ3n) is 1.82. The Bertz CT molecular complexity index is 433. The summed E-state index contributed by atoms with van der Waals surface area (Å²) >= 11 is 3.33. The summed E-state index contributed by atoms with van der Waals surface area (Å²) < 4.78 is 11.6. The first-order valence-electron chi connectivity index (χ1n) is 4.41. The van der Waals surface area contributed by atoms with Crippen LogP contribution in [0.1, 0.15) is 5.76 Å². The molecule has 0 amide bonds. The molecule has 3 nitrogen and oxygen atoms in total. The van der Waals surface area contributed by atoms with Gasteiger partial charge in [0.2, 0.25) is 0 Å². The zero-order valence-electron chi connectivity index (χ0n) is 7.81. The summed E-state index contributed by atoms with van der Waals surface area (Å²) in [6.07, 6.45) is 0. The minimum absolute atomic E-state index is 0.121. The van der Waals surface area contributed by atoms with Gasteiger partial charge in [0.1, 0.15) is 18.1 Å². The van der Waals surface area contributed by atoms with E-state index in [-0.39, 0.29) is 6.61 Å². The minimum Gasteiger partial charge on any atom is -0.428 e. The Morgan fingerprint density at radius 3 is 2.47 bits per heavy atom. The lowest BCUT2D eigenvalue weighted by molar-refractivity contribution is 0.231. The van der Waals surface area contributed by atoms with Gasteiger partial charge in [-0.05, 0) is 30.3 Å². The maximum Gasteiger partial charge on any atom is 0.290 e. The van der Waals surface area contributed by atoms with Gasteiger partial charge in [-0.2, -0.15) is 0 Å². The van der Waals surface area contributed by atoms with Crippen LogP contribution in [0.15, 0.2) is 45.3 Å². The summed E-state index contributed by atoms with van der Waals surface area (Å²) in [4.78, 5) is 0. The normalized spacial score (nSPS) is 10.3. The molecule has 4 heteroatoms. The van der Waals surface area contributed by atoms with Crippen molar-refractivity contribution in [1.29, 1.82) is 0 Å². The van der Waals surface area contributed by atoms with E-state index in [4.69, 9.17) is 14.3 Å². The number of hydrogen-bond donors (Lipinski definition) is 1. The Hall–Kier alpha value is -1.26. The molecule has 2 rings (SSSR count). The van der Waals surface area contributed by atoms with Crippen LogP contribution in [0.2, 0.25) is 0 Å². The van der Waals surface area contributed by atoms with E-state index >= 15 is 0 Å². The molecule has 1 aromatic heterocycles. The number of aliphatic hydroxyl groups excluding tert-OH is 1. The highest BCUT2D eigenvalue weighted by atomic mass is 79.9. The molecular weight excluding hydrogens is 260 g/mol. The van der Waals surface area contributed by atoms with Crippen LogP contribution in [-0.4, -0.2) is 5.11 Å². The van der Waals surface area contributed by atoms with Gasteiger partial charge in [0.05, 0.1) is 0 Å². The molecule has 0 unspecified atom stereocenters. The topological polar surface area (TPSA) is 42.6 Å². The number of hydrogen-bond acceptors (Lipinski definition) is 3. The molecule has 0 bridgehead atoms. The van der Waals surface area contributed by atoms with Crippen LogP contribution in [0.25, 0.3) is 0 Å². The van der Waals surface area contributed by atoms with E-state index in [9.17, 15) is 0 Å². The molecule has 0 fully saturated rings. The number of furan rings is 1.